The largest absolute Gasteiger partial charge is 0.419 e. The van der Waals surface area contributed by atoms with E-state index in [1.54, 1.807) is 0 Å². The van der Waals surface area contributed by atoms with Gasteiger partial charge in [0.15, 0.2) is 0 Å². The van der Waals surface area contributed by atoms with Crippen molar-refractivity contribution in [3.05, 3.63) is 11.8 Å². The number of unbranched alkanes of at least 4 members (excludes halogenated alkanes) is 2. The van der Waals surface area contributed by atoms with Crippen LogP contribution in [0.5, 0.6) is 0 Å². The Labute approximate surface area is 66.1 Å². The summed E-state index contributed by atoms with van der Waals surface area (Å²) in [5.74, 6) is 0. The third-order valence-corrected chi connectivity index (χ3v) is 5.79. The summed E-state index contributed by atoms with van der Waals surface area (Å²) >= 11 is 0. The summed E-state index contributed by atoms with van der Waals surface area (Å²) in [6.07, 6.45) is 5.95. The van der Waals surface area contributed by atoms with Gasteiger partial charge in [-0.25, -0.2) is 0 Å². The molecule has 0 saturated carbocycles. The van der Waals surface area contributed by atoms with Crippen LogP contribution >= 0.6 is 0 Å². The number of hydrogen-bond donors (Lipinski definition) is 0. The van der Waals surface area contributed by atoms with E-state index in [1.807, 2.05) is 0 Å². The SMILES string of the molecule is CCCCC=C[SiH]1O[SiH2]O1. The maximum atomic E-state index is 5.28. The molecule has 0 bridgehead atoms. The van der Waals surface area contributed by atoms with Crippen molar-refractivity contribution in [1.82, 2.24) is 0 Å². The first-order valence-electron chi connectivity index (χ1n) is 3.83. The van der Waals surface area contributed by atoms with Crippen LogP contribution < -0.4 is 0 Å². The molecule has 0 unspecified atom stereocenters. The maximum Gasteiger partial charge on any atom is 0.329 e. The van der Waals surface area contributed by atoms with Crippen LogP contribution in [0.25, 0.3) is 0 Å². The highest BCUT2D eigenvalue weighted by atomic mass is 28.4. The second-order valence-corrected chi connectivity index (χ2v) is 6.41. The van der Waals surface area contributed by atoms with Gasteiger partial charge >= 0.3 is 9.28 Å². The Morgan fingerprint density at radius 3 is 2.80 bits per heavy atom. The second kappa shape index (κ2) is 4.84. The van der Waals surface area contributed by atoms with Crippen LogP contribution in [-0.4, -0.2) is 19.3 Å². The fraction of sp³-hybridized carbons (Fsp3) is 0.667. The number of rotatable bonds is 4. The smallest absolute Gasteiger partial charge is 0.329 e. The number of hydrogen-bond acceptors (Lipinski definition) is 2. The van der Waals surface area contributed by atoms with E-state index in [2.05, 4.69) is 18.7 Å². The molecule has 1 aliphatic heterocycles. The third-order valence-electron chi connectivity index (χ3n) is 1.48. The van der Waals surface area contributed by atoms with Crippen LogP contribution in [0.1, 0.15) is 26.2 Å². The van der Waals surface area contributed by atoms with Gasteiger partial charge in [-0.05, 0) is 6.42 Å². The molecule has 1 fully saturated rings. The third kappa shape index (κ3) is 2.78. The Morgan fingerprint density at radius 2 is 2.30 bits per heavy atom. The van der Waals surface area contributed by atoms with Crippen LogP contribution in [0.4, 0.5) is 0 Å². The highest BCUT2D eigenvalue weighted by Gasteiger charge is 2.17. The zero-order valence-corrected chi connectivity index (χ0v) is 8.95. The van der Waals surface area contributed by atoms with Crippen molar-refractivity contribution in [2.45, 2.75) is 26.2 Å². The van der Waals surface area contributed by atoms with Gasteiger partial charge in [0.25, 0.3) is 10.0 Å². The molecule has 0 N–H and O–H groups in total. The molecule has 1 saturated heterocycles. The summed E-state index contributed by atoms with van der Waals surface area (Å²) in [5, 5.41) is 0. The molecule has 0 aromatic heterocycles. The average Bonchev–Trinajstić information content (AvgIpc) is 1.84. The van der Waals surface area contributed by atoms with E-state index in [1.165, 1.54) is 19.3 Å². The van der Waals surface area contributed by atoms with E-state index in [9.17, 15) is 0 Å². The summed E-state index contributed by atoms with van der Waals surface area (Å²) in [4.78, 5) is 0. The van der Waals surface area contributed by atoms with Gasteiger partial charge in [0, 0.05) is 0 Å². The molecule has 1 rings (SSSR count). The molecular weight excluding hydrogens is 160 g/mol. The normalized spacial score (nSPS) is 27.5. The molecule has 10 heavy (non-hydrogen) atoms. The molecule has 0 radical (unpaired) electrons. The minimum absolute atomic E-state index is 0.471. The summed E-state index contributed by atoms with van der Waals surface area (Å²) in [7, 11) is -1.63. The Bertz CT molecular complexity index is 112. The molecule has 1 heterocycles. The van der Waals surface area contributed by atoms with Crippen molar-refractivity contribution in [1.29, 1.82) is 0 Å². The molecule has 1 aliphatic rings. The molecule has 0 aliphatic carbocycles. The van der Waals surface area contributed by atoms with Gasteiger partial charge in [-0.1, -0.05) is 31.5 Å². The van der Waals surface area contributed by atoms with Crippen LogP contribution in [-0.2, 0) is 8.23 Å². The van der Waals surface area contributed by atoms with Crippen molar-refractivity contribution in [3.63, 3.8) is 0 Å². The predicted molar refractivity (Wildman–Crippen MR) is 46.5 cm³/mol. The van der Waals surface area contributed by atoms with Crippen molar-refractivity contribution < 1.29 is 8.23 Å². The molecule has 0 aromatic rings. The Kier molecular flexibility index (Phi) is 3.97. The molecular formula is C6H14O2Si2. The van der Waals surface area contributed by atoms with Crippen molar-refractivity contribution >= 4 is 19.3 Å². The van der Waals surface area contributed by atoms with Gasteiger partial charge in [0.2, 0.25) is 0 Å². The highest BCUT2D eigenvalue weighted by molar-refractivity contribution is 6.68. The van der Waals surface area contributed by atoms with E-state index in [0.717, 1.165) is 0 Å². The first-order chi connectivity index (χ1) is 4.93. The number of allylic oxidation sites excluding steroid dienone is 1. The summed E-state index contributed by atoms with van der Waals surface area (Å²) < 4.78 is 10.6. The van der Waals surface area contributed by atoms with Crippen LogP contribution in [0, 0.1) is 0 Å². The van der Waals surface area contributed by atoms with Gasteiger partial charge in [0.1, 0.15) is 0 Å². The lowest BCUT2D eigenvalue weighted by molar-refractivity contribution is 0.325. The highest BCUT2D eigenvalue weighted by Crippen LogP contribution is 2.02. The topological polar surface area (TPSA) is 18.5 Å². The molecule has 2 nitrogen and oxygen atoms in total. The Hall–Kier alpha value is 0.0938. The van der Waals surface area contributed by atoms with Gasteiger partial charge < -0.3 is 8.23 Å². The molecule has 0 aromatic carbocycles. The monoisotopic (exact) mass is 174 g/mol. The maximum absolute atomic E-state index is 5.28. The average molecular weight is 174 g/mol. The zero-order valence-electron chi connectivity index (χ0n) is 6.38. The summed E-state index contributed by atoms with van der Waals surface area (Å²) in [6, 6.07) is 0. The Balaban J connectivity index is 1.94. The van der Waals surface area contributed by atoms with Gasteiger partial charge in [-0.3, -0.25) is 0 Å². The van der Waals surface area contributed by atoms with Gasteiger partial charge in [0.05, 0.1) is 0 Å². The molecule has 4 heteroatoms. The van der Waals surface area contributed by atoms with Gasteiger partial charge in [-0.15, -0.1) is 0 Å². The van der Waals surface area contributed by atoms with Gasteiger partial charge in [-0.2, -0.15) is 0 Å². The fourth-order valence-corrected chi connectivity index (χ4v) is 3.26. The lowest BCUT2D eigenvalue weighted by atomic mass is 10.2. The lowest BCUT2D eigenvalue weighted by Gasteiger charge is -2.22. The van der Waals surface area contributed by atoms with Crippen molar-refractivity contribution in [3.8, 4) is 0 Å². The van der Waals surface area contributed by atoms with Crippen LogP contribution in [0.2, 0.25) is 0 Å². The van der Waals surface area contributed by atoms with E-state index < -0.39 is 19.3 Å². The molecule has 0 spiro atoms. The fourth-order valence-electron chi connectivity index (χ4n) is 0.787. The first-order valence-corrected chi connectivity index (χ1v) is 6.59. The van der Waals surface area contributed by atoms with E-state index in [-0.39, 0.29) is 0 Å². The van der Waals surface area contributed by atoms with E-state index >= 15 is 0 Å². The second-order valence-electron chi connectivity index (χ2n) is 2.39. The standard InChI is InChI=1S/C6H14O2Si2/c1-2-3-4-5-6-10-7-9-8-10/h5-6,10H,2-4,9H2,1H3. The van der Waals surface area contributed by atoms with Crippen LogP contribution in [0.3, 0.4) is 0 Å². The molecule has 58 valence electrons. The van der Waals surface area contributed by atoms with Crippen molar-refractivity contribution in [2.75, 3.05) is 0 Å². The minimum Gasteiger partial charge on any atom is -0.419 e. The quantitative estimate of drug-likeness (QED) is 0.457. The summed E-state index contributed by atoms with van der Waals surface area (Å²) in [5.41, 5.74) is 2.14. The summed E-state index contributed by atoms with van der Waals surface area (Å²) in [6.45, 7) is 2.20. The first kappa shape index (κ1) is 8.19. The lowest BCUT2D eigenvalue weighted by Crippen LogP contribution is -2.37. The van der Waals surface area contributed by atoms with Crippen LogP contribution in [0.15, 0.2) is 11.8 Å². The van der Waals surface area contributed by atoms with E-state index in [0.29, 0.717) is 0 Å². The van der Waals surface area contributed by atoms with Crippen molar-refractivity contribution in [2.24, 2.45) is 0 Å². The Morgan fingerprint density at radius 1 is 1.50 bits per heavy atom. The predicted octanol–water partition coefficient (Wildman–Crippen LogP) is 0.538. The zero-order chi connectivity index (χ0) is 7.23. The molecule has 0 amide bonds. The van der Waals surface area contributed by atoms with E-state index in [4.69, 9.17) is 8.23 Å². The molecule has 0 atom stereocenters. The minimum atomic E-state index is -1.16.